The molecule has 10 rings (SSSR count). The van der Waals surface area contributed by atoms with Gasteiger partial charge in [-0.1, -0.05) is 0 Å². The van der Waals surface area contributed by atoms with E-state index in [1.165, 1.54) is 0 Å². The minimum atomic E-state index is -0.112. The quantitative estimate of drug-likeness (QED) is 0.350. The summed E-state index contributed by atoms with van der Waals surface area (Å²) in [5, 5.41) is 0. The molecule has 0 aromatic carbocycles. The van der Waals surface area contributed by atoms with Crippen LogP contribution in [-0.2, 0) is 0 Å². The molecule has 40 valence electrons. The van der Waals surface area contributed by atoms with Crippen molar-refractivity contribution in [2.45, 2.75) is 0 Å². The summed E-state index contributed by atoms with van der Waals surface area (Å²) in [5.74, 6) is 0. The summed E-state index contributed by atoms with van der Waals surface area (Å²) in [6.45, 7) is 0. The summed E-state index contributed by atoms with van der Waals surface area (Å²) in [4.78, 5) is 0. The van der Waals surface area contributed by atoms with E-state index in [0.29, 0.717) is 0 Å². The maximum atomic E-state index is 1.55. The fraction of sp³-hybridized carbons (Fsp3) is 0. The van der Waals surface area contributed by atoms with Crippen LogP contribution in [0.3, 0.4) is 0 Å². The summed E-state index contributed by atoms with van der Waals surface area (Å²) in [6.07, 6.45) is 0. The Hall–Kier alpha value is 3.46. The third-order valence-corrected chi connectivity index (χ3v) is 324. The third-order valence-electron chi connectivity index (χ3n) is 1.33. The van der Waals surface area contributed by atoms with Gasteiger partial charge in [0.15, 0.2) is 0 Å². The molecule has 0 unspecified atom stereocenters. The Kier molecular flexibility index (Phi) is 0.616. The van der Waals surface area contributed by atoms with Crippen LogP contribution in [0.1, 0.15) is 0 Å². The molecule has 2 bridgehead atoms. The van der Waals surface area contributed by atoms with Crippen molar-refractivity contribution in [2.75, 3.05) is 0 Å². The molecular formula is P2Se5. The zero-order valence-electron chi connectivity index (χ0n) is 2.94. The van der Waals surface area contributed by atoms with Gasteiger partial charge in [0, 0.05) is 0 Å². The Morgan fingerprint density at radius 1 is 0.571 bits per heavy atom. The van der Waals surface area contributed by atoms with Gasteiger partial charge in [-0.25, -0.2) is 0 Å². The first-order valence-electron chi connectivity index (χ1n) is 1.83. The van der Waals surface area contributed by atoms with Crippen molar-refractivity contribution in [3.8, 4) is 0 Å². The van der Waals surface area contributed by atoms with E-state index in [4.69, 9.17) is 0 Å². The van der Waals surface area contributed by atoms with E-state index >= 15 is 0 Å². The topological polar surface area (TPSA) is 0 Å². The molecular weight excluding hydrogens is 457 g/mol. The van der Waals surface area contributed by atoms with E-state index in [1.807, 2.05) is 0 Å². The van der Waals surface area contributed by atoms with E-state index < -0.39 is 0 Å². The third kappa shape index (κ3) is 0.278. The van der Waals surface area contributed by atoms with Crippen molar-refractivity contribution in [1.29, 1.82) is 0 Å². The Balaban J connectivity index is 2.39. The van der Waals surface area contributed by atoms with Gasteiger partial charge in [0.1, 0.15) is 0 Å². The second-order valence-corrected chi connectivity index (χ2v) is 140. The van der Waals surface area contributed by atoms with E-state index in [9.17, 15) is 0 Å². The van der Waals surface area contributed by atoms with Crippen molar-refractivity contribution in [3.05, 3.63) is 0 Å². The van der Waals surface area contributed by atoms with E-state index in [0.717, 1.165) is 0 Å². The number of rotatable bonds is 0. The van der Waals surface area contributed by atoms with Gasteiger partial charge in [0.05, 0.1) is 0 Å². The van der Waals surface area contributed by atoms with Crippen LogP contribution >= 0.6 is 0.103 Å². The summed E-state index contributed by atoms with van der Waals surface area (Å²) < 4.78 is -0.225. The first kappa shape index (κ1) is 5.16. The average molecular weight is 457 g/mol. The fourth-order valence-electron chi connectivity index (χ4n) is 1.15. The van der Waals surface area contributed by atoms with Gasteiger partial charge >= 0.3 is 70.5 Å². The van der Waals surface area contributed by atoms with Crippen molar-refractivity contribution < 1.29 is 0 Å². The zero-order chi connectivity index (χ0) is 4.43. The molecule has 7 heteroatoms. The summed E-state index contributed by atoms with van der Waals surface area (Å²) in [6, 6.07) is 0. The first-order chi connectivity index (χ1) is 3.16. The second kappa shape index (κ2) is 0.835. The van der Waals surface area contributed by atoms with E-state index in [1.54, 1.807) is 70.4 Å². The molecule has 10 heterocycles. The van der Waals surface area contributed by atoms with Crippen LogP contribution in [0.25, 0.3) is 0 Å². The van der Waals surface area contributed by atoms with Gasteiger partial charge in [-0.05, 0) is 0 Å². The Bertz CT molecular complexity index is 140. The molecule has 0 aliphatic carbocycles. The standard InChI is InChI=1S/P2Se5/c3-1-4-2(3,5-1,6-1)7-1. The molecule has 0 radical (unpaired) electrons. The van der Waals surface area contributed by atoms with Gasteiger partial charge in [0.2, 0.25) is 0 Å². The predicted molar refractivity (Wildman–Crippen MR) is 42.6 cm³/mol. The van der Waals surface area contributed by atoms with Crippen LogP contribution in [0.4, 0.5) is 0 Å². The van der Waals surface area contributed by atoms with E-state index in [2.05, 4.69) is 0 Å². The van der Waals surface area contributed by atoms with Crippen LogP contribution in [0, 0.1) is 0 Å². The Morgan fingerprint density at radius 2 is 0.714 bits per heavy atom. The van der Waals surface area contributed by atoms with Gasteiger partial charge in [-0.3, -0.25) is 0 Å². The molecule has 0 amide bonds. The van der Waals surface area contributed by atoms with Gasteiger partial charge in [-0.15, -0.1) is 0 Å². The van der Waals surface area contributed by atoms with Gasteiger partial charge < -0.3 is 0 Å². The SMILES string of the molecule is [Se]1P234[Se]P1([Se]2)([Se]3)[Se]4. The van der Waals surface area contributed by atoms with Crippen LogP contribution in [0.2, 0.25) is 0 Å². The molecule has 10 aliphatic rings. The van der Waals surface area contributed by atoms with Crippen molar-refractivity contribution in [3.63, 3.8) is 0 Å². The average Bonchev–Trinajstić information content (AvgIpc) is 0.439. The fourth-order valence-corrected chi connectivity index (χ4v) is 1110. The van der Waals surface area contributed by atoms with Crippen molar-refractivity contribution in [2.24, 2.45) is 0 Å². The first-order valence-corrected chi connectivity index (χ1v) is 28.5. The zero-order valence-corrected chi connectivity index (χ0v) is 13.3. The molecule has 10 fully saturated rings. The number of hydrogen-bond donors (Lipinski definition) is 0. The Morgan fingerprint density at radius 3 is 0.714 bits per heavy atom. The van der Waals surface area contributed by atoms with Crippen molar-refractivity contribution >= 4 is 70.5 Å². The Labute approximate surface area is 69.2 Å². The van der Waals surface area contributed by atoms with Gasteiger partial charge in [-0.2, -0.15) is 0 Å². The van der Waals surface area contributed by atoms with Crippen LogP contribution in [0.15, 0.2) is 0 Å². The predicted octanol–water partition coefficient (Wildman–Crippen LogP) is -0.182. The van der Waals surface area contributed by atoms with Crippen LogP contribution < -0.4 is 0 Å². The number of hydrogen-bond acceptors (Lipinski definition) is 0. The maximum absolute atomic E-state index is 1.55. The van der Waals surface area contributed by atoms with Crippen molar-refractivity contribution in [1.82, 2.24) is 0 Å². The van der Waals surface area contributed by atoms with Gasteiger partial charge in [0.25, 0.3) is 0 Å². The molecule has 0 aromatic heterocycles. The van der Waals surface area contributed by atoms with Crippen LogP contribution in [0.5, 0.6) is 0 Å². The molecule has 0 spiro atoms. The molecule has 0 aromatic rings. The molecule has 10 saturated heterocycles. The molecule has 0 atom stereocenters. The summed E-state index contributed by atoms with van der Waals surface area (Å²) in [7, 11) is 0. The summed E-state index contributed by atoms with van der Waals surface area (Å²) >= 11 is 7.76. The minimum absolute atomic E-state index is 0.112. The molecule has 0 saturated carbocycles. The molecule has 7 heavy (non-hydrogen) atoms. The monoisotopic (exact) mass is 462 g/mol. The van der Waals surface area contributed by atoms with E-state index in [-0.39, 0.29) is 0.103 Å². The molecule has 10 aliphatic heterocycles. The van der Waals surface area contributed by atoms with Crippen LogP contribution in [-0.4, -0.2) is 70.4 Å². The second-order valence-electron chi connectivity index (χ2n) is 1.90. The summed E-state index contributed by atoms with van der Waals surface area (Å²) in [5.41, 5.74) is 0. The molecule has 0 nitrogen and oxygen atoms in total. The molecule has 0 N–H and O–H groups in total. The normalized spacial score (nSPS) is 74.3.